The maximum absolute atomic E-state index is 13.2. The highest BCUT2D eigenvalue weighted by atomic mass is 19.1. The summed E-state index contributed by atoms with van der Waals surface area (Å²) in [6.07, 6.45) is 0.817. The van der Waals surface area contributed by atoms with Gasteiger partial charge in [-0.2, -0.15) is 0 Å². The Kier molecular flexibility index (Phi) is 3.35. The summed E-state index contributed by atoms with van der Waals surface area (Å²) in [6, 6.07) is 10.9. The summed E-state index contributed by atoms with van der Waals surface area (Å²) in [7, 11) is 0. The summed E-state index contributed by atoms with van der Waals surface area (Å²) in [4.78, 5) is 0. The molecule has 1 aliphatic heterocycles. The molecular weight excluding hydrogens is 253 g/mol. The van der Waals surface area contributed by atoms with Crippen molar-refractivity contribution >= 4 is 5.69 Å². The molecule has 1 unspecified atom stereocenters. The second kappa shape index (κ2) is 5.16. The van der Waals surface area contributed by atoms with Gasteiger partial charge in [0.15, 0.2) is 0 Å². The highest BCUT2D eigenvalue weighted by Gasteiger charge is 2.23. The van der Waals surface area contributed by atoms with E-state index in [1.807, 2.05) is 6.07 Å². The molecule has 104 valence electrons. The second-order valence-corrected chi connectivity index (χ2v) is 5.32. The minimum absolute atomic E-state index is 0.0618. The number of rotatable bonds is 3. The number of halogens is 1. The molecule has 3 heteroatoms. The monoisotopic (exact) mass is 271 g/mol. The first-order valence-electron chi connectivity index (χ1n) is 6.88. The van der Waals surface area contributed by atoms with Crippen molar-refractivity contribution in [2.45, 2.75) is 26.4 Å². The number of hydrogen-bond acceptors (Lipinski definition) is 2. The Hall–Kier alpha value is -2.03. The molecule has 0 spiro atoms. The van der Waals surface area contributed by atoms with Crippen molar-refractivity contribution in [1.82, 2.24) is 0 Å². The summed E-state index contributed by atoms with van der Waals surface area (Å²) in [6.45, 7) is 4.93. The third-order valence-corrected chi connectivity index (χ3v) is 3.89. The molecular formula is C17H18FNO. The molecule has 0 aliphatic carbocycles. The first-order valence-corrected chi connectivity index (χ1v) is 6.88. The van der Waals surface area contributed by atoms with Crippen LogP contribution in [0, 0.1) is 19.7 Å². The van der Waals surface area contributed by atoms with Gasteiger partial charge in [0.25, 0.3) is 0 Å². The number of ether oxygens (including phenoxy) is 1. The summed E-state index contributed by atoms with van der Waals surface area (Å²) in [5.74, 6) is 0.606. The van der Waals surface area contributed by atoms with Crippen molar-refractivity contribution in [3.63, 3.8) is 0 Å². The zero-order valence-electron chi connectivity index (χ0n) is 11.7. The Balaban J connectivity index is 1.65. The maximum atomic E-state index is 13.2. The van der Waals surface area contributed by atoms with Crippen molar-refractivity contribution in [3.05, 3.63) is 58.9 Å². The van der Waals surface area contributed by atoms with E-state index in [4.69, 9.17) is 4.74 Å². The smallest absolute Gasteiger partial charge is 0.123 e. The highest BCUT2D eigenvalue weighted by Crippen LogP contribution is 2.29. The number of nitrogens with one attached hydrogen (secondary N) is 1. The molecule has 1 atom stereocenters. The highest BCUT2D eigenvalue weighted by molar-refractivity contribution is 5.54. The molecule has 1 heterocycles. The van der Waals surface area contributed by atoms with E-state index in [2.05, 4.69) is 31.3 Å². The summed E-state index contributed by atoms with van der Waals surface area (Å²) in [5, 5.41) is 3.43. The van der Waals surface area contributed by atoms with E-state index < -0.39 is 0 Å². The van der Waals surface area contributed by atoms with Crippen LogP contribution in [-0.2, 0) is 6.42 Å². The SMILES string of the molecule is Cc1cccc(NCC2Cc3cc(F)ccc3O2)c1C. The van der Waals surface area contributed by atoms with Crippen molar-refractivity contribution in [2.24, 2.45) is 0 Å². The molecule has 2 aromatic rings. The molecule has 2 nitrogen and oxygen atoms in total. The first-order chi connectivity index (χ1) is 9.63. The van der Waals surface area contributed by atoms with Crippen molar-refractivity contribution in [3.8, 4) is 5.75 Å². The van der Waals surface area contributed by atoms with E-state index in [1.54, 1.807) is 12.1 Å². The van der Waals surface area contributed by atoms with Gasteiger partial charge in [0.2, 0.25) is 0 Å². The van der Waals surface area contributed by atoms with Gasteiger partial charge in [-0.25, -0.2) is 4.39 Å². The standard InChI is InChI=1S/C17H18FNO/c1-11-4-3-5-16(12(11)2)19-10-15-9-13-8-14(18)6-7-17(13)20-15/h3-8,15,19H,9-10H2,1-2H3. The lowest BCUT2D eigenvalue weighted by molar-refractivity contribution is 0.246. The lowest BCUT2D eigenvalue weighted by atomic mass is 10.1. The Bertz CT molecular complexity index is 639. The summed E-state index contributed by atoms with van der Waals surface area (Å²) >= 11 is 0. The lowest BCUT2D eigenvalue weighted by Gasteiger charge is -2.15. The van der Waals surface area contributed by atoms with Gasteiger partial charge in [-0.3, -0.25) is 0 Å². The van der Waals surface area contributed by atoms with Crippen LogP contribution in [0.3, 0.4) is 0 Å². The van der Waals surface area contributed by atoms with E-state index in [9.17, 15) is 4.39 Å². The normalized spacial score (nSPS) is 16.6. The first kappa shape index (κ1) is 13.0. The van der Waals surface area contributed by atoms with Crippen molar-refractivity contribution in [2.75, 3.05) is 11.9 Å². The molecule has 1 aliphatic rings. The van der Waals surface area contributed by atoms with Gasteiger partial charge in [-0.05, 0) is 49.2 Å². The van der Waals surface area contributed by atoms with Gasteiger partial charge >= 0.3 is 0 Å². The van der Waals surface area contributed by atoms with E-state index in [1.165, 1.54) is 17.2 Å². The Labute approximate surface area is 118 Å². The number of benzene rings is 2. The molecule has 2 aromatic carbocycles. The van der Waals surface area contributed by atoms with Crippen LogP contribution in [0.5, 0.6) is 5.75 Å². The molecule has 0 radical (unpaired) electrons. The average molecular weight is 271 g/mol. The molecule has 20 heavy (non-hydrogen) atoms. The molecule has 0 aromatic heterocycles. The zero-order valence-corrected chi connectivity index (χ0v) is 11.7. The van der Waals surface area contributed by atoms with E-state index in [-0.39, 0.29) is 11.9 Å². The number of aryl methyl sites for hydroxylation is 1. The van der Waals surface area contributed by atoms with E-state index in [0.717, 1.165) is 30.0 Å². The molecule has 3 rings (SSSR count). The fraction of sp³-hybridized carbons (Fsp3) is 0.294. The van der Waals surface area contributed by atoms with Crippen molar-refractivity contribution in [1.29, 1.82) is 0 Å². The summed E-state index contributed by atoms with van der Waals surface area (Å²) in [5.41, 5.74) is 4.62. The number of anilines is 1. The fourth-order valence-corrected chi connectivity index (χ4v) is 2.57. The third kappa shape index (κ3) is 2.48. The predicted octanol–water partition coefficient (Wildman–Crippen LogP) is 3.86. The second-order valence-electron chi connectivity index (χ2n) is 5.32. The topological polar surface area (TPSA) is 21.3 Å². The Morgan fingerprint density at radius 3 is 2.95 bits per heavy atom. The Morgan fingerprint density at radius 1 is 1.25 bits per heavy atom. The fourth-order valence-electron chi connectivity index (χ4n) is 2.57. The molecule has 1 N–H and O–H groups in total. The minimum atomic E-state index is -0.199. The zero-order chi connectivity index (χ0) is 14.1. The summed E-state index contributed by atoms with van der Waals surface area (Å²) < 4.78 is 19.0. The van der Waals surface area contributed by atoms with Crippen LogP contribution in [0.2, 0.25) is 0 Å². The van der Waals surface area contributed by atoms with Crippen LogP contribution in [0.1, 0.15) is 16.7 Å². The van der Waals surface area contributed by atoms with Gasteiger partial charge in [0.05, 0.1) is 6.54 Å². The lowest BCUT2D eigenvalue weighted by Crippen LogP contribution is -2.24. The maximum Gasteiger partial charge on any atom is 0.123 e. The average Bonchev–Trinajstić information content (AvgIpc) is 2.82. The largest absolute Gasteiger partial charge is 0.488 e. The predicted molar refractivity (Wildman–Crippen MR) is 78.9 cm³/mol. The third-order valence-electron chi connectivity index (χ3n) is 3.89. The van der Waals surface area contributed by atoms with Gasteiger partial charge in [-0.15, -0.1) is 0 Å². The van der Waals surface area contributed by atoms with E-state index >= 15 is 0 Å². The van der Waals surface area contributed by atoms with Crippen molar-refractivity contribution < 1.29 is 9.13 Å². The minimum Gasteiger partial charge on any atom is -0.488 e. The number of fused-ring (bicyclic) bond motifs is 1. The van der Waals surface area contributed by atoms with Gasteiger partial charge in [0.1, 0.15) is 17.7 Å². The molecule has 0 amide bonds. The van der Waals surface area contributed by atoms with Gasteiger partial charge in [-0.1, -0.05) is 12.1 Å². The molecule has 0 saturated heterocycles. The number of hydrogen-bond donors (Lipinski definition) is 1. The van der Waals surface area contributed by atoms with Crippen LogP contribution >= 0.6 is 0 Å². The van der Waals surface area contributed by atoms with Gasteiger partial charge < -0.3 is 10.1 Å². The molecule has 0 fully saturated rings. The molecule has 0 saturated carbocycles. The van der Waals surface area contributed by atoms with Crippen LogP contribution in [-0.4, -0.2) is 12.6 Å². The van der Waals surface area contributed by atoms with Crippen LogP contribution in [0.4, 0.5) is 10.1 Å². The van der Waals surface area contributed by atoms with Crippen LogP contribution < -0.4 is 10.1 Å². The van der Waals surface area contributed by atoms with Crippen LogP contribution in [0.25, 0.3) is 0 Å². The quantitative estimate of drug-likeness (QED) is 0.915. The van der Waals surface area contributed by atoms with Crippen LogP contribution in [0.15, 0.2) is 36.4 Å². The Morgan fingerprint density at radius 2 is 2.10 bits per heavy atom. The molecule has 0 bridgehead atoms. The van der Waals surface area contributed by atoms with E-state index in [0.29, 0.717) is 0 Å². The van der Waals surface area contributed by atoms with Gasteiger partial charge in [0, 0.05) is 17.7 Å².